The van der Waals surface area contributed by atoms with Crippen molar-refractivity contribution in [2.45, 2.75) is 13.1 Å². The van der Waals surface area contributed by atoms with Crippen molar-refractivity contribution in [3.63, 3.8) is 0 Å². The summed E-state index contributed by atoms with van der Waals surface area (Å²) < 4.78 is 46.8. The molecule has 11 rings (SSSR count). The SMILES string of the molecule is [C-]#[N+]c1cc(C#N)c(-c2ccc3c(c2)c2ccccc2n3-c2ccc(-c3ccc(C(F)(F)F)cc3C)c(-c3cc(C#N)ccc3-n3c4ccccc4c4cc(-c5c(C#N)cc(C#N)cc5[N+]#[C-])ccc43)c2)c([N+]#[C-])c1. The Labute approximate surface area is 426 Å². The highest BCUT2D eigenvalue weighted by atomic mass is 19.4. The molecule has 0 N–H and O–H groups in total. The zero-order valence-electron chi connectivity index (χ0n) is 39.2. The van der Waals surface area contributed by atoms with Crippen LogP contribution in [0.2, 0.25) is 0 Å². The number of halogens is 3. The molecule has 0 bridgehead atoms. The van der Waals surface area contributed by atoms with Crippen molar-refractivity contribution in [3.8, 4) is 80.2 Å². The first-order valence-corrected chi connectivity index (χ1v) is 23.0. The predicted octanol–water partition coefficient (Wildman–Crippen LogP) is 17.0. The third-order valence-electron chi connectivity index (χ3n) is 13.6. The summed E-state index contributed by atoms with van der Waals surface area (Å²) in [5, 5.41) is 43.9. The first kappa shape index (κ1) is 46.2. The van der Waals surface area contributed by atoms with E-state index in [9.17, 15) is 34.2 Å². The predicted molar refractivity (Wildman–Crippen MR) is 284 cm³/mol. The minimum Gasteiger partial charge on any atom is -0.309 e. The van der Waals surface area contributed by atoms with Gasteiger partial charge in [0.05, 0.1) is 88.4 Å². The number of benzene rings is 9. The average Bonchev–Trinajstić information content (AvgIpc) is 3.97. The standard InChI is InChI=1S/C63H30F3N9/c1-36-23-43(63(64,65)66)16-18-46(36)47-19-17-45(74-56-11-7-5-9-48(56)52-28-40(14-21-58(52)74)62-42(35-70)27-44(71-2)30-55(62)73-4)31-50(47)51-25-37(32-67)13-20-59(51)75-57-12-8-6-10-49(57)53-29-39(15-22-60(53)75)61-41(34-69)24-38(33-68)26-54(61)72-3/h5-31H,1H3. The van der Waals surface area contributed by atoms with Gasteiger partial charge in [0.1, 0.15) is 0 Å². The van der Waals surface area contributed by atoms with Crippen molar-refractivity contribution >= 4 is 60.7 Å². The molecule has 348 valence electrons. The summed E-state index contributed by atoms with van der Waals surface area (Å²) in [5.41, 5.74) is 9.82. The summed E-state index contributed by atoms with van der Waals surface area (Å²) in [6.07, 6.45) is -4.58. The van der Waals surface area contributed by atoms with Crippen LogP contribution in [0.15, 0.2) is 164 Å². The highest BCUT2D eigenvalue weighted by Gasteiger charge is 2.31. The molecule has 12 heteroatoms. The fraction of sp³-hybridized carbons (Fsp3) is 0.0317. The van der Waals surface area contributed by atoms with E-state index in [1.165, 1.54) is 30.3 Å². The smallest absolute Gasteiger partial charge is 0.309 e. The van der Waals surface area contributed by atoms with Crippen LogP contribution < -0.4 is 0 Å². The number of para-hydroxylation sites is 2. The topological polar surface area (TPSA) is 118 Å². The van der Waals surface area contributed by atoms with Gasteiger partial charge in [0.25, 0.3) is 0 Å². The maximum absolute atomic E-state index is 14.2. The van der Waals surface area contributed by atoms with Crippen LogP contribution in [0.1, 0.15) is 33.4 Å². The summed E-state index contributed by atoms with van der Waals surface area (Å²) in [6, 6.07) is 56.3. The van der Waals surface area contributed by atoms with Crippen LogP contribution >= 0.6 is 0 Å². The number of nitrogens with zero attached hydrogens (tertiary/aromatic N) is 9. The van der Waals surface area contributed by atoms with Crippen molar-refractivity contribution in [1.29, 1.82) is 21.0 Å². The third-order valence-corrected chi connectivity index (χ3v) is 13.6. The van der Waals surface area contributed by atoms with Crippen molar-refractivity contribution < 1.29 is 13.2 Å². The molecular formula is C63H30F3N9. The number of aryl methyl sites for hydroxylation is 1. The van der Waals surface area contributed by atoms with E-state index in [1.807, 2.05) is 115 Å². The van der Waals surface area contributed by atoms with Gasteiger partial charge >= 0.3 is 6.18 Å². The number of aromatic nitrogens is 2. The van der Waals surface area contributed by atoms with Crippen molar-refractivity contribution in [3.05, 3.63) is 231 Å². The van der Waals surface area contributed by atoms with Gasteiger partial charge in [0, 0.05) is 55.0 Å². The van der Waals surface area contributed by atoms with Gasteiger partial charge in [-0.2, -0.15) is 34.2 Å². The number of fused-ring (bicyclic) bond motifs is 6. The number of nitriles is 4. The van der Waals surface area contributed by atoms with Gasteiger partial charge in [-0.1, -0.05) is 66.7 Å². The summed E-state index contributed by atoms with van der Waals surface area (Å²) in [4.78, 5) is 10.9. The summed E-state index contributed by atoms with van der Waals surface area (Å²) in [6.45, 7) is 25.1. The second kappa shape index (κ2) is 17.9. The fourth-order valence-corrected chi connectivity index (χ4v) is 10.4. The maximum atomic E-state index is 14.2. The van der Waals surface area contributed by atoms with Crippen molar-refractivity contribution in [2.24, 2.45) is 0 Å². The summed E-state index contributed by atoms with van der Waals surface area (Å²) in [5.74, 6) is 0. The molecule has 0 spiro atoms. The first-order valence-electron chi connectivity index (χ1n) is 23.0. The van der Waals surface area contributed by atoms with E-state index in [1.54, 1.807) is 19.1 Å². The molecule has 0 saturated carbocycles. The lowest BCUT2D eigenvalue weighted by Gasteiger charge is -2.20. The zero-order chi connectivity index (χ0) is 52.3. The molecule has 9 nitrogen and oxygen atoms in total. The van der Waals surface area contributed by atoms with E-state index in [0.29, 0.717) is 67.0 Å². The Morgan fingerprint density at radius 1 is 0.453 bits per heavy atom. The minimum absolute atomic E-state index is 0.160. The van der Waals surface area contributed by atoms with Gasteiger partial charge in [-0.3, -0.25) is 0 Å². The second-order valence-corrected chi connectivity index (χ2v) is 17.7. The van der Waals surface area contributed by atoms with Gasteiger partial charge in [-0.05, 0) is 137 Å². The molecule has 0 aliphatic heterocycles. The Morgan fingerprint density at radius 3 is 1.61 bits per heavy atom. The lowest BCUT2D eigenvalue weighted by molar-refractivity contribution is -0.137. The van der Waals surface area contributed by atoms with Crippen molar-refractivity contribution in [1.82, 2.24) is 9.13 Å². The summed E-state index contributed by atoms with van der Waals surface area (Å²) >= 11 is 0. The van der Waals surface area contributed by atoms with Crippen LogP contribution in [-0.2, 0) is 6.18 Å². The van der Waals surface area contributed by atoms with Crippen molar-refractivity contribution in [2.75, 3.05) is 0 Å². The molecular weight excluding hydrogens is 940 g/mol. The molecule has 2 aromatic heterocycles. The Morgan fingerprint density at radius 2 is 1.03 bits per heavy atom. The maximum Gasteiger partial charge on any atom is 0.416 e. The quantitative estimate of drug-likeness (QED) is 0.154. The highest BCUT2D eigenvalue weighted by molar-refractivity contribution is 6.13. The lowest BCUT2D eigenvalue weighted by atomic mass is 9.89. The Bertz CT molecular complexity index is 4570. The summed E-state index contributed by atoms with van der Waals surface area (Å²) in [7, 11) is 0. The normalized spacial score (nSPS) is 11.1. The Hall–Kier alpha value is -11.2. The largest absolute Gasteiger partial charge is 0.416 e. The molecule has 75 heavy (non-hydrogen) atoms. The van der Waals surface area contributed by atoms with Gasteiger partial charge < -0.3 is 9.13 Å². The third kappa shape index (κ3) is 7.51. The van der Waals surface area contributed by atoms with Crippen LogP contribution in [0.25, 0.3) is 114 Å². The molecule has 0 radical (unpaired) electrons. The number of alkyl halides is 3. The van der Waals surface area contributed by atoms with Crippen LogP contribution in [0.4, 0.5) is 30.2 Å². The van der Waals surface area contributed by atoms with Crippen LogP contribution in [-0.4, -0.2) is 9.13 Å². The first-order chi connectivity index (χ1) is 36.4. The van der Waals surface area contributed by atoms with E-state index in [4.69, 9.17) is 19.7 Å². The van der Waals surface area contributed by atoms with Crippen LogP contribution in [0, 0.1) is 72.0 Å². The Balaban J connectivity index is 1.19. The molecule has 0 aliphatic carbocycles. The van der Waals surface area contributed by atoms with E-state index < -0.39 is 11.7 Å². The van der Waals surface area contributed by atoms with Gasteiger partial charge in [-0.15, -0.1) is 0 Å². The molecule has 9 aromatic carbocycles. The van der Waals surface area contributed by atoms with E-state index in [0.717, 1.165) is 55.7 Å². The number of rotatable bonds is 6. The molecule has 0 amide bonds. The average molecular weight is 970 g/mol. The molecule has 0 unspecified atom stereocenters. The Kier molecular flexibility index (Phi) is 11.0. The van der Waals surface area contributed by atoms with Crippen LogP contribution in [0.3, 0.4) is 0 Å². The molecule has 0 fully saturated rings. The van der Waals surface area contributed by atoms with Gasteiger partial charge in [0.2, 0.25) is 0 Å². The monoisotopic (exact) mass is 969 g/mol. The molecule has 2 heterocycles. The van der Waals surface area contributed by atoms with E-state index in [-0.39, 0.29) is 33.8 Å². The van der Waals surface area contributed by atoms with E-state index in [2.05, 4.69) is 41.9 Å². The molecule has 11 aromatic rings. The van der Waals surface area contributed by atoms with Gasteiger partial charge in [-0.25, -0.2) is 14.5 Å². The number of hydrogen-bond acceptors (Lipinski definition) is 4. The van der Waals surface area contributed by atoms with E-state index >= 15 is 0 Å². The highest BCUT2D eigenvalue weighted by Crippen LogP contribution is 2.46. The zero-order valence-corrected chi connectivity index (χ0v) is 39.2. The minimum atomic E-state index is -4.58. The van der Waals surface area contributed by atoms with Crippen LogP contribution in [0.5, 0.6) is 0 Å². The molecule has 0 aliphatic rings. The number of hydrogen-bond donors (Lipinski definition) is 0. The second-order valence-electron chi connectivity index (χ2n) is 17.7. The fourth-order valence-electron chi connectivity index (χ4n) is 10.4. The van der Waals surface area contributed by atoms with Gasteiger partial charge in [0.15, 0.2) is 17.1 Å². The lowest BCUT2D eigenvalue weighted by Crippen LogP contribution is -2.05. The molecule has 0 saturated heterocycles. The molecule has 0 atom stereocenters.